The zero-order valence-corrected chi connectivity index (χ0v) is 17.9. The zero-order valence-electron chi connectivity index (χ0n) is 15.6. The Morgan fingerprint density at radius 2 is 1.96 bits per heavy atom. The number of likely N-dealkylation sites (tertiary alicyclic amines) is 1. The molecule has 3 aliphatic rings. The van der Waals surface area contributed by atoms with Gasteiger partial charge in [-0.1, -0.05) is 12.8 Å². The van der Waals surface area contributed by atoms with Gasteiger partial charge < -0.3 is 19.4 Å². The van der Waals surface area contributed by atoms with Gasteiger partial charge in [0.2, 0.25) is 0 Å². The molecule has 1 saturated carbocycles. The second-order valence-corrected chi connectivity index (χ2v) is 7.77. The topological polar surface area (TPSA) is 50.0 Å². The van der Waals surface area contributed by atoms with Crippen LogP contribution in [0.4, 0.5) is 0 Å². The van der Waals surface area contributed by atoms with Crippen LogP contribution in [0.25, 0.3) is 0 Å². The van der Waals surface area contributed by atoms with Crippen LogP contribution in [-0.2, 0) is 11.2 Å². The Bertz CT molecular complexity index is 543. The molecule has 1 aliphatic carbocycles. The molecule has 0 spiro atoms. The van der Waals surface area contributed by atoms with Crippen LogP contribution < -0.4 is 5.32 Å². The number of nitrogens with one attached hydrogen (secondary N) is 1. The Labute approximate surface area is 174 Å². The minimum Gasteiger partial charge on any atom is -0.469 e. The fourth-order valence-corrected chi connectivity index (χ4v) is 4.58. The normalized spacial score (nSPS) is 28.7. The first kappa shape index (κ1) is 20.0. The van der Waals surface area contributed by atoms with E-state index >= 15 is 0 Å². The summed E-state index contributed by atoms with van der Waals surface area (Å²) >= 11 is 0. The van der Waals surface area contributed by atoms with E-state index in [2.05, 4.69) is 10.2 Å². The molecule has 3 heterocycles. The van der Waals surface area contributed by atoms with Gasteiger partial charge in [0.25, 0.3) is 0 Å². The first-order chi connectivity index (χ1) is 12.4. The van der Waals surface area contributed by atoms with Crippen molar-refractivity contribution in [3.8, 4) is 0 Å². The Balaban J connectivity index is 0.00000196. The lowest BCUT2D eigenvalue weighted by Crippen LogP contribution is -2.41. The van der Waals surface area contributed by atoms with E-state index in [0.29, 0.717) is 6.10 Å². The van der Waals surface area contributed by atoms with Gasteiger partial charge in [-0.2, -0.15) is 0 Å². The number of furan rings is 1. The van der Waals surface area contributed by atoms with Crippen LogP contribution in [0.5, 0.6) is 0 Å². The maximum Gasteiger partial charge on any atom is 0.194 e. The van der Waals surface area contributed by atoms with Gasteiger partial charge in [0.05, 0.1) is 18.9 Å². The van der Waals surface area contributed by atoms with Crippen molar-refractivity contribution in [2.75, 3.05) is 32.8 Å². The average molecular weight is 473 g/mol. The summed E-state index contributed by atoms with van der Waals surface area (Å²) in [5, 5.41) is 3.59. The monoisotopic (exact) mass is 473 g/mol. The second-order valence-electron chi connectivity index (χ2n) is 7.77. The van der Waals surface area contributed by atoms with E-state index < -0.39 is 0 Å². The molecule has 0 radical (unpaired) electrons. The molecule has 0 aromatic carbocycles. The van der Waals surface area contributed by atoms with E-state index in [1.807, 2.05) is 12.1 Å². The van der Waals surface area contributed by atoms with Crippen LogP contribution in [0.15, 0.2) is 27.8 Å². The Morgan fingerprint density at radius 3 is 2.62 bits per heavy atom. The Kier molecular flexibility index (Phi) is 7.66. The fraction of sp³-hybridized carbons (Fsp3) is 0.750. The third-order valence-electron chi connectivity index (χ3n) is 5.98. The van der Waals surface area contributed by atoms with E-state index in [-0.39, 0.29) is 24.0 Å². The lowest BCUT2D eigenvalue weighted by Gasteiger charge is -2.22. The van der Waals surface area contributed by atoms with Gasteiger partial charge in [-0.15, -0.1) is 24.0 Å². The standard InChI is InChI=1S/C20H31N3O2.HI/c1-2-6-17-15-23(14-16(17)5-1)20(22-13-19-8-4-12-25-19)21-10-9-18-7-3-11-24-18;/h3,7,11,16-17,19H,1-2,4-6,8-10,12-15H2,(H,21,22);1H. The van der Waals surface area contributed by atoms with Crippen molar-refractivity contribution in [3.05, 3.63) is 24.2 Å². The molecule has 3 unspecified atom stereocenters. The highest BCUT2D eigenvalue weighted by Gasteiger charge is 2.35. The van der Waals surface area contributed by atoms with E-state index in [1.165, 1.54) is 45.2 Å². The van der Waals surface area contributed by atoms with Crippen molar-refractivity contribution in [2.45, 2.75) is 51.0 Å². The summed E-state index contributed by atoms with van der Waals surface area (Å²) in [5.74, 6) is 3.85. The van der Waals surface area contributed by atoms with Crippen molar-refractivity contribution in [1.29, 1.82) is 0 Å². The number of aliphatic imine (C=N–C) groups is 1. The van der Waals surface area contributed by atoms with Crippen molar-refractivity contribution in [2.24, 2.45) is 16.8 Å². The first-order valence-corrected chi connectivity index (χ1v) is 10.1. The van der Waals surface area contributed by atoms with Crippen LogP contribution in [0.3, 0.4) is 0 Å². The lowest BCUT2D eigenvalue weighted by molar-refractivity contribution is 0.117. The van der Waals surface area contributed by atoms with E-state index in [4.69, 9.17) is 14.1 Å². The van der Waals surface area contributed by atoms with Crippen LogP contribution in [0.1, 0.15) is 44.3 Å². The van der Waals surface area contributed by atoms with E-state index in [0.717, 1.165) is 56.1 Å². The molecule has 0 bridgehead atoms. The van der Waals surface area contributed by atoms with Crippen molar-refractivity contribution < 1.29 is 9.15 Å². The predicted molar refractivity (Wildman–Crippen MR) is 114 cm³/mol. The number of halogens is 1. The molecule has 5 nitrogen and oxygen atoms in total. The average Bonchev–Trinajstić information content (AvgIpc) is 3.39. The molecular formula is C20H32IN3O2. The third-order valence-corrected chi connectivity index (χ3v) is 5.98. The molecule has 146 valence electrons. The summed E-state index contributed by atoms with van der Waals surface area (Å²) < 4.78 is 11.2. The molecule has 4 rings (SSSR count). The highest BCUT2D eigenvalue weighted by molar-refractivity contribution is 14.0. The molecule has 1 N–H and O–H groups in total. The second kappa shape index (κ2) is 9.97. The molecule has 3 fully saturated rings. The van der Waals surface area contributed by atoms with Crippen molar-refractivity contribution in [1.82, 2.24) is 10.2 Å². The van der Waals surface area contributed by atoms with Gasteiger partial charge in [0.15, 0.2) is 5.96 Å². The number of rotatable bonds is 5. The van der Waals surface area contributed by atoms with Crippen molar-refractivity contribution >= 4 is 29.9 Å². The lowest BCUT2D eigenvalue weighted by atomic mass is 9.82. The molecule has 2 saturated heterocycles. The van der Waals surface area contributed by atoms with Crippen LogP contribution in [-0.4, -0.2) is 49.7 Å². The summed E-state index contributed by atoms with van der Waals surface area (Å²) in [7, 11) is 0. The Hall–Kier alpha value is -0.760. The largest absolute Gasteiger partial charge is 0.469 e. The highest BCUT2D eigenvalue weighted by Crippen LogP contribution is 2.36. The van der Waals surface area contributed by atoms with E-state index in [9.17, 15) is 0 Å². The number of guanidine groups is 1. The summed E-state index contributed by atoms with van der Waals surface area (Å²) in [6.45, 7) is 4.89. The maximum atomic E-state index is 5.76. The van der Waals surface area contributed by atoms with Crippen molar-refractivity contribution in [3.63, 3.8) is 0 Å². The van der Waals surface area contributed by atoms with Gasteiger partial charge in [0, 0.05) is 32.7 Å². The minimum atomic E-state index is 0. The van der Waals surface area contributed by atoms with E-state index in [1.54, 1.807) is 6.26 Å². The molecule has 1 aromatic heterocycles. The minimum absolute atomic E-state index is 0. The van der Waals surface area contributed by atoms with Gasteiger partial charge >= 0.3 is 0 Å². The van der Waals surface area contributed by atoms with Gasteiger partial charge in [-0.25, -0.2) is 0 Å². The number of ether oxygens (including phenoxy) is 1. The van der Waals surface area contributed by atoms with Crippen LogP contribution in [0, 0.1) is 11.8 Å². The molecule has 26 heavy (non-hydrogen) atoms. The molecular weight excluding hydrogens is 441 g/mol. The number of hydrogen-bond donors (Lipinski definition) is 1. The number of fused-ring (bicyclic) bond motifs is 1. The summed E-state index contributed by atoms with van der Waals surface area (Å²) in [6, 6.07) is 3.99. The van der Waals surface area contributed by atoms with Gasteiger partial charge in [0.1, 0.15) is 5.76 Å². The zero-order chi connectivity index (χ0) is 16.9. The highest BCUT2D eigenvalue weighted by atomic mass is 127. The molecule has 3 atom stereocenters. The quantitative estimate of drug-likeness (QED) is 0.403. The molecule has 1 aromatic rings. The molecule has 0 amide bonds. The molecule has 6 heteroatoms. The maximum absolute atomic E-state index is 5.76. The fourth-order valence-electron chi connectivity index (χ4n) is 4.58. The summed E-state index contributed by atoms with van der Waals surface area (Å²) in [4.78, 5) is 7.44. The number of hydrogen-bond acceptors (Lipinski definition) is 3. The van der Waals surface area contributed by atoms with Crippen LogP contribution >= 0.6 is 24.0 Å². The van der Waals surface area contributed by atoms with Gasteiger partial charge in [-0.05, 0) is 49.7 Å². The number of nitrogens with zero attached hydrogens (tertiary/aromatic N) is 2. The van der Waals surface area contributed by atoms with Gasteiger partial charge in [-0.3, -0.25) is 4.99 Å². The summed E-state index contributed by atoms with van der Waals surface area (Å²) in [5.41, 5.74) is 0. The Morgan fingerprint density at radius 1 is 1.15 bits per heavy atom. The SMILES string of the molecule is I.c1coc(CCNC(=NCC2CCCO2)N2CC3CCCCC3C2)c1. The molecule has 2 aliphatic heterocycles. The first-order valence-electron chi connectivity index (χ1n) is 10.1. The van der Waals surface area contributed by atoms with Crippen LogP contribution in [0.2, 0.25) is 0 Å². The summed E-state index contributed by atoms with van der Waals surface area (Å²) in [6.07, 6.45) is 10.9. The third kappa shape index (κ3) is 5.15. The smallest absolute Gasteiger partial charge is 0.194 e. The predicted octanol–water partition coefficient (Wildman–Crippen LogP) is 3.69.